The molecule has 9 heteroatoms. The third-order valence-electron chi connectivity index (χ3n) is 5.42. The molecule has 2 aromatic heterocycles. The number of anilines is 2. The highest BCUT2D eigenvalue weighted by Gasteiger charge is 2.23. The van der Waals surface area contributed by atoms with Crippen LogP contribution in [0.1, 0.15) is 28.2 Å². The predicted molar refractivity (Wildman–Crippen MR) is 125 cm³/mol. The normalized spacial score (nSPS) is 13.8. The molecule has 0 bridgehead atoms. The largest absolute Gasteiger partial charge is 0.320 e. The van der Waals surface area contributed by atoms with Gasteiger partial charge in [0.2, 0.25) is 5.91 Å². The van der Waals surface area contributed by atoms with Crippen molar-refractivity contribution < 1.29 is 14.0 Å². The monoisotopic (exact) mass is 468 g/mol. The summed E-state index contributed by atoms with van der Waals surface area (Å²) in [6, 6.07) is 13.0. The quantitative estimate of drug-likeness (QED) is 0.426. The number of carbonyl (C=O) groups excluding carboxylic acids is 2. The maximum atomic E-state index is 13.3. The van der Waals surface area contributed by atoms with Crippen LogP contribution < -0.4 is 10.2 Å². The van der Waals surface area contributed by atoms with Crippen molar-refractivity contribution in [3.05, 3.63) is 69.9 Å². The summed E-state index contributed by atoms with van der Waals surface area (Å²) in [5.74, 6) is -0.562. The van der Waals surface area contributed by atoms with E-state index >= 15 is 0 Å². The van der Waals surface area contributed by atoms with Crippen LogP contribution in [0.25, 0.3) is 15.9 Å². The summed E-state index contributed by atoms with van der Waals surface area (Å²) in [6.07, 6.45) is 1.34. The summed E-state index contributed by atoms with van der Waals surface area (Å²) in [6.45, 7) is 2.52. The summed E-state index contributed by atoms with van der Waals surface area (Å²) in [5.41, 5.74) is 2.64. The van der Waals surface area contributed by atoms with E-state index in [1.807, 2.05) is 6.92 Å². The Kier molecular flexibility index (Phi) is 5.19. The second-order valence-electron chi connectivity index (χ2n) is 7.57. The zero-order chi connectivity index (χ0) is 22.4. The Labute approximate surface area is 192 Å². The lowest BCUT2D eigenvalue weighted by Crippen LogP contribution is -2.23. The number of halogens is 2. The van der Waals surface area contributed by atoms with E-state index < -0.39 is 0 Å². The van der Waals surface area contributed by atoms with Gasteiger partial charge in [0.1, 0.15) is 10.6 Å². The highest BCUT2D eigenvalue weighted by molar-refractivity contribution is 7.20. The summed E-state index contributed by atoms with van der Waals surface area (Å²) >= 11 is 7.61. The second-order valence-corrected chi connectivity index (χ2v) is 9.01. The molecule has 0 spiro atoms. The van der Waals surface area contributed by atoms with Crippen LogP contribution in [0.4, 0.5) is 15.8 Å². The van der Waals surface area contributed by atoms with Crippen molar-refractivity contribution in [3.63, 3.8) is 0 Å². The molecule has 0 unspecified atom stereocenters. The van der Waals surface area contributed by atoms with Crippen LogP contribution >= 0.6 is 22.9 Å². The number of aryl methyl sites for hydroxylation is 1. The summed E-state index contributed by atoms with van der Waals surface area (Å²) < 4.78 is 15.0. The second kappa shape index (κ2) is 8.03. The molecule has 0 aliphatic carbocycles. The molecular formula is C23H18ClFN4O2S. The van der Waals surface area contributed by atoms with Gasteiger partial charge in [0.05, 0.1) is 27.0 Å². The molecule has 0 radical (unpaired) electrons. The standard InChI is InChI=1S/C23H18ClFN4O2S/c1-13-17-12-20(32-23(17)29(27-13)15-6-4-14(25)5-7-15)22(31)26-19-11-16(8-9-18(19)24)28-10-2-3-21(28)30/h4-9,11-12H,2-3,10H2,1H3,(H,26,31). The number of rotatable bonds is 4. The van der Waals surface area contributed by atoms with Crippen molar-refractivity contribution >= 4 is 56.3 Å². The van der Waals surface area contributed by atoms with Crippen LogP contribution in [0, 0.1) is 12.7 Å². The number of carbonyl (C=O) groups is 2. The number of amides is 2. The molecule has 4 aromatic rings. The topological polar surface area (TPSA) is 67.2 Å². The number of thiophene rings is 1. The van der Waals surface area contributed by atoms with Gasteiger partial charge in [-0.2, -0.15) is 5.10 Å². The highest BCUT2D eigenvalue weighted by atomic mass is 35.5. The SMILES string of the molecule is Cc1nn(-c2ccc(F)cc2)c2sc(C(=O)Nc3cc(N4CCCC4=O)ccc3Cl)cc12. The van der Waals surface area contributed by atoms with Gasteiger partial charge >= 0.3 is 0 Å². The first kappa shape index (κ1) is 20.7. The third-order valence-corrected chi connectivity index (χ3v) is 6.86. The van der Waals surface area contributed by atoms with Gasteiger partial charge in [-0.15, -0.1) is 11.3 Å². The highest BCUT2D eigenvalue weighted by Crippen LogP contribution is 2.33. The summed E-state index contributed by atoms with van der Waals surface area (Å²) in [7, 11) is 0. The van der Waals surface area contributed by atoms with E-state index in [1.54, 1.807) is 46.0 Å². The number of benzene rings is 2. The fourth-order valence-corrected chi connectivity index (χ4v) is 5.04. The summed E-state index contributed by atoms with van der Waals surface area (Å²) in [5, 5.41) is 8.64. The Bertz CT molecular complexity index is 1360. The molecule has 1 fully saturated rings. The van der Waals surface area contributed by atoms with Crippen LogP contribution in [-0.4, -0.2) is 28.1 Å². The zero-order valence-corrected chi connectivity index (χ0v) is 18.6. The minimum Gasteiger partial charge on any atom is -0.320 e. The first-order valence-corrected chi connectivity index (χ1v) is 11.3. The number of aromatic nitrogens is 2. The van der Waals surface area contributed by atoms with E-state index in [2.05, 4.69) is 10.4 Å². The lowest BCUT2D eigenvalue weighted by molar-refractivity contribution is -0.117. The molecule has 1 aliphatic heterocycles. The molecule has 0 saturated carbocycles. The van der Waals surface area contributed by atoms with Gasteiger partial charge in [-0.25, -0.2) is 9.07 Å². The average molecular weight is 469 g/mol. The lowest BCUT2D eigenvalue weighted by Gasteiger charge is -2.17. The first-order valence-electron chi connectivity index (χ1n) is 10.1. The van der Waals surface area contributed by atoms with E-state index in [1.165, 1.54) is 23.5 Å². The van der Waals surface area contributed by atoms with Crippen LogP contribution in [-0.2, 0) is 4.79 Å². The number of nitrogens with zero attached hydrogens (tertiary/aromatic N) is 3. The lowest BCUT2D eigenvalue weighted by atomic mass is 10.2. The van der Waals surface area contributed by atoms with Crippen LogP contribution in [0.15, 0.2) is 48.5 Å². The smallest absolute Gasteiger partial charge is 0.265 e. The molecule has 0 atom stereocenters. The van der Waals surface area contributed by atoms with Crippen molar-refractivity contribution in [2.75, 3.05) is 16.8 Å². The van der Waals surface area contributed by atoms with Gasteiger partial charge in [-0.05, 0) is 61.9 Å². The fourth-order valence-electron chi connectivity index (χ4n) is 3.80. The van der Waals surface area contributed by atoms with Crippen molar-refractivity contribution in [2.45, 2.75) is 19.8 Å². The molecule has 2 amide bonds. The minimum absolute atomic E-state index is 0.0647. The summed E-state index contributed by atoms with van der Waals surface area (Å²) in [4.78, 5) is 28.1. The first-order chi connectivity index (χ1) is 15.4. The van der Waals surface area contributed by atoms with Crippen LogP contribution in [0.3, 0.4) is 0 Å². The Morgan fingerprint density at radius 3 is 2.62 bits per heavy atom. The molecule has 162 valence electrons. The number of fused-ring (bicyclic) bond motifs is 1. The van der Waals surface area contributed by atoms with E-state index in [9.17, 15) is 14.0 Å². The van der Waals surface area contributed by atoms with Crippen molar-refractivity contribution in [1.29, 1.82) is 0 Å². The number of hydrogen-bond donors (Lipinski definition) is 1. The average Bonchev–Trinajstić information content (AvgIpc) is 3.47. The van der Waals surface area contributed by atoms with E-state index in [-0.39, 0.29) is 17.6 Å². The number of nitrogens with one attached hydrogen (secondary N) is 1. The predicted octanol–water partition coefficient (Wildman–Crippen LogP) is 5.57. The molecular weight excluding hydrogens is 451 g/mol. The number of hydrogen-bond acceptors (Lipinski definition) is 4. The molecule has 2 aromatic carbocycles. The molecule has 32 heavy (non-hydrogen) atoms. The van der Waals surface area contributed by atoms with Crippen molar-refractivity contribution in [1.82, 2.24) is 9.78 Å². The van der Waals surface area contributed by atoms with E-state index in [4.69, 9.17) is 11.6 Å². The van der Waals surface area contributed by atoms with Gasteiger partial charge in [0, 0.05) is 24.0 Å². The van der Waals surface area contributed by atoms with Crippen LogP contribution in [0.5, 0.6) is 0 Å². The molecule has 1 N–H and O–H groups in total. The Balaban J connectivity index is 1.45. The third kappa shape index (κ3) is 3.65. The van der Waals surface area contributed by atoms with Gasteiger partial charge < -0.3 is 10.2 Å². The van der Waals surface area contributed by atoms with Crippen molar-refractivity contribution in [3.8, 4) is 5.69 Å². The van der Waals surface area contributed by atoms with Gasteiger partial charge in [-0.1, -0.05) is 11.6 Å². The Morgan fingerprint density at radius 2 is 1.91 bits per heavy atom. The molecule has 5 rings (SSSR count). The van der Waals surface area contributed by atoms with Gasteiger partial charge in [0.25, 0.3) is 5.91 Å². The minimum atomic E-state index is -0.324. The zero-order valence-electron chi connectivity index (χ0n) is 17.1. The molecule has 3 heterocycles. The van der Waals surface area contributed by atoms with Crippen LogP contribution in [0.2, 0.25) is 5.02 Å². The van der Waals surface area contributed by atoms with E-state index in [0.717, 1.165) is 22.3 Å². The van der Waals surface area contributed by atoms with E-state index in [0.29, 0.717) is 39.9 Å². The Morgan fingerprint density at radius 1 is 1.16 bits per heavy atom. The molecule has 1 aliphatic rings. The van der Waals surface area contributed by atoms with Crippen molar-refractivity contribution in [2.24, 2.45) is 0 Å². The maximum Gasteiger partial charge on any atom is 0.265 e. The molecule has 6 nitrogen and oxygen atoms in total. The molecule has 1 saturated heterocycles. The fraction of sp³-hybridized carbons (Fsp3) is 0.174. The van der Waals surface area contributed by atoms with Gasteiger partial charge in [0.15, 0.2) is 0 Å². The maximum absolute atomic E-state index is 13.3. The Hall–Kier alpha value is -3.23. The van der Waals surface area contributed by atoms with Gasteiger partial charge in [-0.3, -0.25) is 9.59 Å².